The highest BCUT2D eigenvalue weighted by atomic mass is 15.3. The van der Waals surface area contributed by atoms with Gasteiger partial charge in [-0.1, -0.05) is 44.2 Å². The Morgan fingerprint density at radius 1 is 0.944 bits per heavy atom. The Morgan fingerprint density at radius 2 is 1.50 bits per heavy atom. The highest BCUT2D eigenvalue weighted by Gasteiger charge is 2.46. The van der Waals surface area contributed by atoms with E-state index in [1.807, 2.05) is 13.8 Å². The van der Waals surface area contributed by atoms with Crippen LogP contribution in [0.25, 0.3) is 0 Å². The highest BCUT2D eigenvalue weighted by molar-refractivity contribution is 5.22. The molecule has 0 aromatic heterocycles. The van der Waals surface area contributed by atoms with Gasteiger partial charge in [0.1, 0.15) is 0 Å². The van der Waals surface area contributed by atoms with Gasteiger partial charge in [0.25, 0.3) is 0 Å². The van der Waals surface area contributed by atoms with Crippen LogP contribution in [0.15, 0.2) is 30.3 Å². The lowest BCUT2D eigenvalue weighted by molar-refractivity contribution is -0.0596. The van der Waals surface area contributed by atoms with Gasteiger partial charge in [-0.3, -0.25) is 4.90 Å². The number of benzene rings is 1. The smallest absolute Gasteiger partial charge is 0.0122 e. The second-order valence-electron chi connectivity index (χ2n) is 5.66. The summed E-state index contributed by atoms with van der Waals surface area (Å²) in [5, 5.41) is 0. The maximum absolute atomic E-state index is 2.72. The van der Waals surface area contributed by atoms with Crippen LogP contribution in [0.3, 0.4) is 0 Å². The van der Waals surface area contributed by atoms with Gasteiger partial charge in [-0.2, -0.15) is 0 Å². The fourth-order valence-corrected chi connectivity index (χ4v) is 3.75. The number of rotatable bonds is 2. The molecule has 0 spiro atoms. The van der Waals surface area contributed by atoms with Crippen LogP contribution in [0.2, 0.25) is 0 Å². The van der Waals surface area contributed by atoms with Crippen LogP contribution in [0.1, 0.15) is 58.4 Å². The van der Waals surface area contributed by atoms with Gasteiger partial charge in [-0.15, -0.1) is 0 Å². The van der Waals surface area contributed by atoms with E-state index in [1.165, 1.54) is 19.3 Å². The van der Waals surface area contributed by atoms with E-state index in [4.69, 9.17) is 0 Å². The number of hydrogen-bond acceptors (Lipinski definition) is 1. The predicted molar refractivity (Wildman–Crippen MR) is 78.9 cm³/mol. The first-order valence-electron chi connectivity index (χ1n) is 7.58. The van der Waals surface area contributed by atoms with Crippen molar-refractivity contribution in [3.05, 3.63) is 35.9 Å². The second kappa shape index (κ2) is 5.88. The minimum Gasteiger partial charge on any atom is -0.295 e. The molecule has 1 aromatic carbocycles. The molecule has 1 saturated carbocycles. The predicted octanol–water partition coefficient (Wildman–Crippen LogP) is 4.44. The molecule has 2 atom stereocenters. The summed E-state index contributed by atoms with van der Waals surface area (Å²) in [5.41, 5.74) is 1.56. The molecule has 2 bridgehead atoms. The van der Waals surface area contributed by atoms with Crippen molar-refractivity contribution >= 4 is 0 Å². The number of piperidine rings is 1. The van der Waals surface area contributed by atoms with E-state index in [0.29, 0.717) is 0 Å². The molecule has 2 heterocycles. The summed E-state index contributed by atoms with van der Waals surface area (Å²) in [6.07, 6.45) is 4.19. The Balaban J connectivity index is 0.000000574. The Bertz CT molecular complexity index is 345. The third kappa shape index (κ3) is 2.47. The Morgan fingerprint density at radius 3 is 2.00 bits per heavy atom. The van der Waals surface area contributed by atoms with Gasteiger partial charge in [-0.25, -0.2) is 0 Å². The topological polar surface area (TPSA) is 3.24 Å². The summed E-state index contributed by atoms with van der Waals surface area (Å²) >= 11 is 0. The molecule has 2 aliphatic heterocycles. The van der Waals surface area contributed by atoms with Crippen molar-refractivity contribution in [3.8, 4) is 0 Å². The minimum atomic E-state index is 0.737. The molecule has 2 saturated heterocycles. The summed E-state index contributed by atoms with van der Waals surface area (Å²) in [5.74, 6) is 0.819. The van der Waals surface area contributed by atoms with Crippen molar-refractivity contribution in [1.29, 1.82) is 0 Å². The molecule has 1 heteroatoms. The number of fused-ring (bicyclic) bond motifs is 2. The molecule has 100 valence electrons. The zero-order valence-electron chi connectivity index (χ0n) is 12.3. The molecule has 0 amide bonds. The zero-order valence-corrected chi connectivity index (χ0v) is 12.3. The Labute approximate surface area is 112 Å². The summed E-state index contributed by atoms with van der Waals surface area (Å²) in [7, 11) is 0. The first-order chi connectivity index (χ1) is 8.75. The van der Waals surface area contributed by atoms with Crippen LogP contribution < -0.4 is 0 Å². The van der Waals surface area contributed by atoms with Crippen molar-refractivity contribution in [2.45, 2.75) is 71.0 Å². The van der Waals surface area contributed by atoms with Crippen LogP contribution >= 0.6 is 0 Å². The lowest BCUT2D eigenvalue weighted by Gasteiger charge is -2.57. The largest absolute Gasteiger partial charge is 0.295 e. The van der Waals surface area contributed by atoms with Gasteiger partial charge in [0.15, 0.2) is 0 Å². The Hall–Kier alpha value is -0.820. The zero-order chi connectivity index (χ0) is 13.1. The second-order valence-corrected chi connectivity index (χ2v) is 5.66. The summed E-state index contributed by atoms with van der Waals surface area (Å²) in [4.78, 5) is 2.72. The van der Waals surface area contributed by atoms with E-state index in [9.17, 15) is 0 Å². The fraction of sp³-hybridized carbons (Fsp3) is 0.647. The molecular weight excluding hydrogens is 218 g/mol. The molecule has 0 radical (unpaired) electrons. The summed E-state index contributed by atoms with van der Waals surface area (Å²) in [6, 6.07) is 13.5. The molecule has 1 nitrogen and oxygen atoms in total. The third-order valence-electron chi connectivity index (χ3n) is 4.37. The fourth-order valence-electron chi connectivity index (χ4n) is 3.75. The quantitative estimate of drug-likeness (QED) is 0.744. The number of nitrogens with zero attached hydrogens (tertiary/aromatic N) is 1. The van der Waals surface area contributed by atoms with E-state index in [-0.39, 0.29) is 0 Å². The lowest BCUT2D eigenvalue weighted by atomic mass is 9.70. The van der Waals surface area contributed by atoms with Crippen LogP contribution in [0.4, 0.5) is 0 Å². The van der Waals surface area contributed by atoms with Crippen LogP contribution in [0.5, 0.6) is 0 Å². The molecule has 4 rings (SSSR count). The van der Waals surface area contributed by atoms with Gasteiger partial charge in [-0.05, 0) is 44.6 Å². The molecular formula is C17H27N. The van der Waals surface area contributed by atoms with Gasteiger partial charge in [0.05, 0.1) is 0 Å². The van der Waals surface area contributed by atoms with Crippen LogP contribution in [-0.2, 0) is 0 Å². The van der Waals surface area contributed by atoms with E-state index < -0.39 is 0 Å². The monoisotopic (exact) mass is 245 g/mol. The van der Waals surface area contributed by atoms with Gasteiger partial charge in [0.2, 0.25) is 0 Å². The number of hydrogen-bond donors (Lipinski definition) is 0. The first kappa shape index (κ1) is 13.6. The molecule has 1 aromatic rings. The first-order valence-corrected chi connectivity index (χ1v) is 7.58. The normalized spacial score (nSPS) is 30.4. The maximum Gasteiger partial charge on any atom is 0.0122 e. The molecule has 0 N–H and O–H groups in total. The van der Waals surface area contributed by atoms with E-state index >= 15 is 0 Å². The minimum absolute atomic E-state index is 0.737. The van der Waals surface area contributed by atoms with Crippen molar-refractivity contribution in [1.82, 2.24) is 4.90 Å². The van der Waals surface area contributed by atoms with E-state index in [0.717, 1.165) is 24.0 Å². The highest BCUT2D eigenvalue weighted by Crippen LogP contribution is 2.46. The van der Waals surface area contributed by atoms with E-state index in [1.54, 1.807) is 5.56 Å². The van der Waals surface area contributed by atoms with Crippen molar-refractivity contribution in [2.75, 3.05) is 0 Å². The SMILES string of the molecule is CC.CC(C)N1C2CC(c3ccccc3)CC1C2. The molecule has 1 aliphatic carbocycles. The van der Waals surface area contributed by atoms with Crippen molar-refractivity contribution in [2.24, 2.45) is 0 Å². The van der Waals surface area contributed by atoms with E-state index in [2.05, 4.69) is 49.1 Å². The molecule has 3 fully saturated rings. The lowest BCUT2D eigenvalue weighted by Crippen LogP contribution is -2.62. The van der Waals surface area contributed by atoms with Gasteiger partial charge >= 0.3 is 0 Å². The Kier molecular flexibility index (Phi) is 4.45. The third-order valence-corrected chi connectivity index (χ3v) is 4.37. The standard InChI is InChI=1S/C15H21N.C2H6/c1-11(2)16-14-8-13(9-15(16)10-14)12-6-4-3-5-7-12;1-2/h3-7,11,13-15H,8-10H2,1-2H3;1-2H3. The van der Waals surface area contributed by atoms with Crippen molar-refractivity contribution in [3.63, 3.8) is 0 Å². The van der Waals surface area contributed by atoms with Crippen molar-refractivity contribution < 1.29 is 0 Å². The van der Waals surface area contributed by atoms with Crippen LogP contribution in [0, 0.1) is 0 Å². The summed E-state index contributed by atoms with van der Waals surface area (Å²) < 4.78 is 0. The molecule has 3 aliphatic rings. The maximum atomic E-state index is 2.72. The van der Waals surface area contributed by atoms with Crippen LogP contribution in [-0.4, -0.2) is 23.0 Å². The molecule has 2 unspecified atom stereocenters. The average molecular weight is 245 g/mol. The molecule has 18 heavy (non-hydrogen) atoms. The van der Waals surface area contributed by atoms with Gasteiger partial charge in [0, 0.05) is 18.1 Å². The average Bonchev–Trinajstić information content (AvgIpc) is 2.41. The summed E-state index contributed by atoms with van der Waals surface area (Å²) in [6.45, 7) is 8.67. The van der Waals surface area contributed by atoms with Gasteiger partial charge < -0.3 is 0 Å².